The fourth-order valence-electron chi connectivity index (χ4n) is 3.34. The van der Waals surface area contributed by atoms with Crippen molar-refractivity contribution in [2.24, 2.45) is 0 Å². The number of aromatic amines is 1. The van der Waals surface area contributed by atoms with E-state index in [2.05, 4.69) is 30.5 Å². The van der Waals surface area contributed by atoms with Crippen molar-refractivity contribution in [3.8, 4) is 6.07 Å². The van der Waals surface area contributed by atoms with Gasteiger partial charge in [0.1, 0.15) is 11.6 Å². The van der Waals surface area contributed by atoms with E-state index in [-0.39, 0.29) is 12.3 Å². The van der Waals surface area contributed by atoms with Crippen molar-refractivity contribution in [2.75, 3.05) is 13.1 Å². The number of nitrogens with one attached hydrogen (secondary N) is 1. The average molecular weight is 334 g/mol. The van der Waals surface area contributed by atoms with Crippen molar-refractivity contribution in [3.63, 3.8) is 0 Å². The number of aryl methyl sites for hydroxylation is 1. The molecule has 1 N–H and O–H groups in total. The topological polar surface area (TPSA) is 90.6 Å². The third-order valence-corrected chi connectivity index (χ3v) is 4.67. The third kappa shape index (κ3) is 2.81. The molecule has 4 rings (SSSR count). The second-order valence-corrected chi connectivity index (χ2v) is 6.33. The first kappa shape index (κ1) is 15.5. The Hall–Kier alpha value is -2.98. The highest BCUT2D eigenvalue weighted by Gasteiger charge is 2.27. The zero-order chi connectivity index (χ0) is 17.4. The molecule has 0 bridgehead atoms. The van der Waals surface area contributed by atoms with Gasteiger partial charge in [0.2, 0.25) is 0 Å². The number of hydrogen-bond donors (Lipinski definition) is 1. The maximum atomic E-state index is 12.7. The van der Waals surface area contributed by atoms with Gasteiger partial charge in [0.05, 0.1) is 29.3 Å². The Morgan fingerprint density at radius 2 is 2.24 bits per heavy atom. The molecule has 1 atom stereocenters. The monoisotopic (exact) mass is 334 g/mol. The molecule has 0 radical (unpaired) electrons. The molecule has 1 unspecified atom stereocenters. The zero-order valence-corrected chi connectivity index (χ0v) is 13.9. The van der Waals surface area contributed by atoms with Crippen LogP contribution in [0.25, 0.3) is 11.0 Å². The minimum atomic E-state index is -0.874. The molecule has 3 aromatic rings. The van der Waals surface area contributed by atoms with Crippen molar-refractivity contribution in [1.29, 1.82) is 5.26 Å². The van der Waals surface area contributed by atoms with Crippen LogP contribution in [0.5, 0.6) is 0 Å². The molecule has 0 aliphatic carbocycles. The van der Waals surface area contributed by atoms with Gasteiger partial charge in [-0.2, -0.15) is 5.26 Å². The number of aromatic nitrogens is 4. The van der Waals surface area contributed by atoms with Gasteiger partial charge in [0.15, 0.2) is 11.7 Å². The molecule has 1 aromatic carbocycles. The summed E-state index contributed by atoms with van der Waals surface area (Å²) in [7, 11) is 0. The van der Waals surface area contributed by atoms with Crippen LogP contribution in [0, 0.1) is 18.3 Å². The molecule has 126 valence electrons. The predicted molar refractivity (Wildman–Crippen MR) is 91.7 cm³/mol. The number of benzene rings is 1. The van der Waals surface area contributed by atoms with E-state index in [1.807, 2.05) is 37.4 Å². The molecule has 0 saturated carbocycles. The van der Waals surface area contributed by atoms with Gasteiger partial charge in [-0.1, -0.05) is 12.1 Å². The van der Waals surface area contributed by atoms with Gasteiger partial charge in [-0.25, -0.2) is 9.97 Å². The van der Waals surface area contributed by atoms with Gasteiger partial charge >= 0.3 is 0 Å². The Balaban J connectivity index is 1.50. The first-order valence-electron chi connectivity index (χ1n) is 8.26. The number of H-pyrrole nitrogens is 1. The van der Waals surface area contributed by atoms with Crippen molar-refractivity contribution in [2.45, 2.75) is 25.9 Å². The Kier molecular flexibility index (Phi) is 3.82. The SMILES string of the molecule is Cc1ncc2n1CCN(CC(=O)C(C#N)c1nc3ccccc3[nH]1)C2. The van der Waals surface area contributed by atoms with Gasteiger partial charge in [0, 0.05) is 25.8 Å². The van der Waals surface area contributed by atoms with Crippen LogP contribution in [0.15, 0.2) is 30.5 Å². The van der Waals surface area contributed by atoms with Crippen molar-refractivity contribution >= 4 is 16.8 Å². The number of para-hydroxylation sites is 2. The minimum absolute atomic E-state index is 0.133. The van der Waals surface area contributed by atoms with Crippen molar-refractivity contribution in [1.82, 2.24) is 24.4 Å². The highest BCUT2D eigenvalue weighted by atomic mass is 16.1. The van der Waals surface area contributed by atoms with Crippen LogP contribution in [0.3, 0.4) is 0 Å². The molecular weight excluding hydrogens is 316 g/mol. The Bertz CT molecular complexity index is 946. The quantitative estimate of drug-likeness (QED) is 0.785. The highest BCUT2D eigenvalue weighted by Crippen LogP contribution is 2.20. The van der Waals surface area contributed by atoms with E-state index in [0.29, 0.717) is 12.4 Å². The number of rotatable bonds is 4. The van der Waals surface area contributed by atoms with Gasteiger partial charge in [0.25, 0.3) is 0 Å². The molecule has 0 fully saturated rings. The van der Waals surface area contributed by atoms with E-state index in [1.54, 1.807) is 0 Å². The number of hydrogen-bond acceptors (Lipinski definition) is 5. The molecule has 0 saturated heterocycles. The van der Waals surface area contributed by atoms with Crippen LogP contribution >= 0.6 is 0 Å². The molecule has 1 aliphatic heterocycles. The summed E-state index contributed by atoms with van der Waals surface area (Å²) in [6, 6.07) is 9.63. The molecule has 0 spiro atoms. The number of nitriles is 1. The van der Waals surface area contributed by atoms with Crippen LogP contribution in [-0.2, 0) is 17.9 Å². The lowest BCUT2D eigenvalue weighted by Gasteiger charge is -2.28. The third-order valence-electron chi connectivity index (χ3n) is 4.67. The summed E-state index contributed by atoms with van der Waals surface area (Å²) in [5.74, 6) is 0.414. The van der Waals surface area contributed by atoms with E-state index in [4.69, 9.17) is 0 Å². The molecule has 3 heterocycles. The number of ketones is 1. The summed E-state index contributed by atoms with van der Waals surface area (Å²) in [5.41, 5.74) is 2.71. The zero-order valence-electron chi connectivity index (χ0n) is 13.9. The Labute approximate surface area is 144 Å². The minimum Gasteiger partial charge on any atom is -0.340 e. The molecule has 0 amide bonds. The molecule has 7 nitrogen and oxygen atoms in total. The predicted octanol–water partition coefficient (Wildman–Crippen LogP) is 1.76. The summed E-state index contributed by atoms with van der Waals surface area (Å²) in [4.78, 5) is 26.6. The average Bonchev–Trinajstić information content (AvgIpc) is 3.19. The number of Topliss-reactive ketones (excluding diaryl/α,β-unsaturated/α-hetero) is 1. The smallest absolute Gasteiger partial charge is 0.171 e. The van der Waals surface area contributed by atoms with Crippen LogP contribution < -0.4 is 0 Å². The molecule has 25 heavy (non-hydrogen) atoms. The highest BCUT2D eigenvalue weighted by molar-refractivity contribution is 5.90. The van der Waals surface area contributed by atoms with Gasteiger partial charge in [-0.15, -0.1) is 0 Å². The summed E-state index contributed by atoms with van der Waals surface area (Å²) in [6.07, 6.45) is 1.85. The first-order valence-corrected chi connectivity index (χ1v) is 8.26. The van der Waals surface area contributed by atoms with Crippen LogP contribution in [0.4, 0.5) is 0 Å². The van der Waals surface area contributed by atoms with Crippen LogP contribution in [0.2, 0.25) is 0 Å². The number of fused-ring (bicyclic) bond motifs is 2. The molecule has 2 aromatic heterocycles. The number of nitrogens with zero attached hydrogens (tertiary/aromatic N) is 5. The van der Waals surface area contributed by atoms with Crippen molar-refractivity contribution in [3.05, 3.63) is 47.8 Å². The van der Waals surface area contributed by atoms with Crippen LogP contribution in [0.1, 0.15) is 23.3 Å². The van der Waals surface area contributed by atoms with E-state index in [1.165, 1.54) is 0 Å². The van der Waals surface area contributed by atoms with E-state index in [0.717, 1.165) is 35.6 Å². The number of imidazole rings is 2. The largest absolute Gasteiger partial charge is 0.340 e. The second-order valence-electron chi connectivity index (χ2n) is 6.33. The summed E-state index contributed by atoms with van der Waals surface area (Å²) >= 11 is 0. The summed E-state index contributed by atoms with van der Waals surface area (Å²) in [6.45, 7) is 4.48. The fourth-order valence-corrected chi connectivity index (χ4v) is 3.34. The Morgan fingerprint density at radius 3 is 3.04 bits per heavy atom. The van der Waals surface area contributed by atoms with Gasteiger partial charge < -0.3 is 9.55 Å². The first-order chi connectivity index (χ1) is 12.2. The number of carbonyl (C=O) groups excluding carboxylic acids is 1. The Morgan fingerprint density at radius 1 is 1.40 bits per heavy atom. The van der Waals surface area contributed by atoms with Gasteiger partial charge in [-0.05, 0) is 19.1 Å². The standard InChI is InChI=1S/C18H18N6O/c1-12-20-9-13-10-23(6-7-24(12)13)11-17(25)14(8-19)18-21-15-4-2-3-5-16(15)22-18/h2-5,9,14H,6-7,10-11H2,1H3,(H,21,22). The van der Waals surface area contributed by atoms with E-state index >= 15 is 0 Å². The fraction of sp³-hybridized carbons (Fsp3) is 0.333. The number of carbonyl (C=O) groups is 1. The van der Waals surface area contributed by atoms with Crippen LogP contribution in [-0.4, -0.2) is 43.3 Å². The lowest BCUT2D eigenvalue weighted by atomic mass is 10.0. The van der Waals surface area contributed by atoms with E-state index < -0.39 is 5.92 Å². The second kappa shape index (κ2) is 6.15. The molecule has 1 aliphatic rings. The molecular formula is C18H18N6O. The van der Waals surface area contributed by atoms with Crippen molar-refractivity contribution < 1.29 is 4.79 Å². The summed E-state index contributed by atoms with van der Waals surface area (Å²) < 4.78 is 2.17. The van der Waals surface area contributed by atoms with Gasteiger partial charge in [-0.3, -0.25) is 9.69 Å². The lowest BCUT2D eigenvalue weighted by Crippen LogP contribution is -2.38. The maximum Gasteiger partial charge on any atom is 0.171 e. The normalized spacial score (nSPS) is 15.7. The molecule has 7 heteroatoms. The maximum absolute atomic E-state index is 12.7. The van der Waals surface area contributed by atoms with E-state index in [9.17, 15) is 10.1 Å². The lowest BCUT2D eigenvalue weighted by molar-refractivity contribution is -0.120. The summed E-state index contributed by atoms with van der Waals surface area (Å²) in [5, 5.41) is 9.50.